The van der Waals surface area contributed by atoms with E-state index in [0.717, 1.165) is 25.1 Å². The first kappa shape index (κ1) is 14.5. The normalized spacial score (nSPS) is 23.7. The largest absolute Gasteiger partial charge is 0.396 e. The number of aliphatic hydroxyl groups excluding tert-OH is 2. The zero-order valence-electron chi connectivity index (χ0n) is 11.5. The molecule has 1 aromatic heterocycles. The molecule has 0 saturated heterocycles. The first-order valence-electron chi connectivity index (χ1n) is 7.27. The second-order valence-corrected chi connectivity index (χ2v) is 5.45. The lowest BCUT2D eigenvalue weighted by atomic mass is 9.79. The summed E-state index contributed by atoms with van der Waals surface area (Å²) in [6, 6.07) is 0. The van der Waals surface area contributed by atoms with Gasteiger partial charge >= 0.3 is 0 Å². The average molecular weight is 267 g/mol. The van der Waals surface area contributed by atoms with Gasteiger partial charge in [0.05, 0.1) is 19.3 Å². The van der Waals surface area contributed by atoms with Crippen molar-refractivity contribution in [2.45, 2.75) is 38.8 Å². The molecule has 1 aliphatic carbocycles. The van der Waals surface area contributed by atoms with Crippen LogP contribution in [0, 0.1) is 11.8 Å². The van der Waals surface area contributed by atoms with E-state index in [4.69, 9.17) is 5.11 Å². The summed E-state index contributed by atoms with van der Waals surface area (Å²) in [6.45, 7) is 2.77. The van der Waals surface area contributed by atoms with Crippen LogP contribution in [0.1, 0.15) is 31.2 Å². The number of aliphatic hydroxyl groups is 2. The lowest BCUT2D eigenvalue weighted by molar-refractivity contribution is 0.133. The summed E-state index contributed by atoms with van der Waals surface area (Å²) in [5.74, 6) is 1.07. The SMILES string of the molecule is OCCn1cc(CNCC2CCCCC2CO)cn1. The molecule has 0 radical (unpaired) electrons. The Morgan fingerprint density at radius 1 is 1.26 bits per heavy atom. The van der Waals surface area contributed by atoms with Gasteiger partial charge in [0, 0.05) is 24.9 Å². The minimum atomic E-state index is 0.120. The Kier molecular flexibility index (Phi) is 5.82. The molecule has 108 valence electrons. The lowest BCUT2D eigenvalue weighted by Gasteiger charge is -2.30. The van der Waals surface area contributed by atoms with E-state index >= 15 is 0 Å². The first-order chi connectivity index (χ1) is 9.33. The third-order valence-electron chi connectivity index (χ3n) is 4.05. The number of hydrogen-bond acceptors (Lipinski definition) is 4. The maximum absolute atomic E-state index is 9.38. The second kappa shape index (κ2) is 7.62. The molecule has 5 heteroatoms. The summed E-state index contributed by atoms with van der Waals surface area (Å²) in [6.07, 6.45) is 8.74. The van der Waals surface area contributed by atoms with Crippen molar-refractivity contribution >= 4 is 0 Å². The van der Waals surface area contributed by atoms with Crippen molar-refractivity contribution in [3.63, 3.8) is 0 Å². The van der Waals surface area contributed by atoms with E-state index in [1.54, 1.807) is 4.68 Å². The molecule has 0 aliphatic heterocycles. The Balaban J connectivity index is 1.72. The molecule has 2 atom stereocenters. The van der Waals surface area contributed by atoms with Crippen LogP contribution in [0.3, 0.4) is 0 Å². The van der Waals surface area contributed by atoms with Gasteiger partial charge in [0.15, 0.2) is 0 Å². The molecule has 0 amide bonds. The van der Waals surface area contributed by atoms with Gasteiger partial charge in [-0.05, 0) is 31.2 Å². The van der Waals surface area contributed by atoms with E-state index in [9.17, 15) is 5.11 Å². The molecule has 0 spiro atoms. The molecule has 1 heterocycles. The lowest BCUT2D eigenvalue weighted by Crippen LogP contribution is -2.32. The fraction of sp³-hybridized carbons (Fsp3) is 0.786. The van der Waals surface area contributed by atoms with Gasteiger partial charge in [0.2, 0.25) is 0 Å². The van der Waals surface area contributed by atoms with Crippen molar-refractivity contribution in [2.24, 2.45) is 11.8 Å². The molecule has 2 rings (SSSR count). The highest BCUT2D eigenvalue weighted by Crippen LogP contribution is 2.29. The highest BCUT2D eigenvalue weighted by molar-refractivity contribution is 5.03. The standard InChI is InChI=1S/C14H25N3O2/c18-6-5-17-10-12(8-16-17)7-15-9-13-3-1-2-4-14(13)11-19/h8,10,13-15,18-19H,1-7,9,11H2. The van der Waals surface area contributed by atoms with E-state index in [1.807, 2.05) is 12.4 Å². The van der Waals surface area contributed by atoms with Crippen LogP contribution in [0.5, 0.6) is 0 Å². The predicted octanol–water partition coefficient (Wildman–Crippen LogP) is 0.764. The van der Waals surface area contributed by atoms with Crippen molar-refractivity contribution in [3.8, 4) is 0 Å². The zero-order chi connectivity index (χ0) is 13.5. The minimum absolute atomic E-state index is 0.120. The molecule has 3 N–H and O–H groups in total. The zero-order valence-corrected chi connectivity index (χ0v) is 11.5. The summed E-state index contributed by atoms with van der Waals surface area (Å²) in [5.41, 5.74) is 1.14. The summed E-state index contributed by atoms with van der Waals surface area (Å²) in [5, 5.41) is 25.9. The molecule has 2 unspecified atom stereocenters. The fourth-order valence-corrected chi connectivity index (χ4v) is 2.92. The summed E-state index contributed by atoms with van der Waals surface area (Å²) < 4.78 is 1.76. The quantitative estimate of drug-likeness (QED) is 0.682. The van der Waals surface area contributed by atoms with Crippen LogP contribution in [0.2, 0.25) is 0 Å². The maximum atomic E-state index is 9.38. The van der Waals surface area contributed by atoms with E-state index < -0.39 is 0 Å². The Morgan fingerprint density at radius 2 is 2.05 bits per heavy atom. The summed E-state index contributed by atoms with van der Waals surface area (Å²) in [7, 11) is 0. The van der Waals surface area contributed by atoms with E-state index in [2.05, 4.69) is 10.4 Å². The molecule has 1 saturated carbocycles. The van der Waals surface area contributed by atoms with E-state index in [0.29, 0.717) is 25.0 Å². The van der Waals surface area contributed by atoms with Crippen LogP contribution in [0.15, 0.2) is 12.4 Å². The van der Waals surface area contributed by atoms with Crippen LogP contribution in [-0.2, 0) is 13.1 Å². The van der Waals surface area contributed by atoms with Crippen LogP contribution >= 0.6 is 0 Å². The van der Waals surface area contributed by atoms with Gasteiger partial charge in [-0.3, -0.25) is 4.68 Å². The highest BCUT2D eigenvalue weighted by atomic mass is 16.3. The molecular weight excluding hydrogens is 242 g/mol. The molecule has 1 aliphatic rings. The number of aromatic nitrogens is 2. The number of hydrogen-bond donors (Lipinski definition) is 3. The van der Waals surface area contributed by atoms with Gasteiger partial charge in [0.1, 0.15) is 0 Å². The summed E-state index contributed by atoms with van der Waals surface area (Å²) >= 11 is 0. The average Bonchev–Trinajstić information content (AvgIpc) is 2.87. The summed E-state index contributed by atoms with van der Waals surface area (Å²) in [4.78, 5) is 0. The van der Waals surface area contributed by atoms with Crippen molar-refractivity contribution in [1.82, 2.24) is 15.1 Å². The van der Waals surface area contributed by atoms with Gasteiger partial charge < -0.3 is 15.5 Å². The minimum Gasteiger partial charge on any atom is -0.396 e. The van der Waals surface area contributed by atoms with E-state index in [-0.39, 0.29) is 6.61 Å². The van der Waals surface area contributed by atoms with Gasteiger partial charge in [-0.15, -0.1) is 0 Å². The fourth-order valence-electron chi connectivity index (χ4n) is 2.92. The molecule has 1 fully saturated rings. The van der Waals surface area contributed by atoms with E-state index in [1.165, 1.54) is 19.3 Å². The third-order valence-corrected chi connectivity index (χ3v) is 4.05. The van der Waals surface area contributed by atoms with Gasteiger partial charge in [-0.2, -0.15) is 5.10 Å². The Bertz CT molecular complexity index is 367. The topological polar surface area (TPSA) is 70.3 Å². The maximum Gasteiger partial charge on any atom is 0.0640 e. The monoisotopic (exact) mass is 267 g/mol. The van der Waals surface area contributed by atoms with Crippen LogP contribution < -0.4 is 5.32 Å². The molecule has 1 aromatic rings. The van der Waals surface area contributed by atoms with Gasteiger partial charge in [-0.25, -0.2) is 0 Å². The van der Waals surface area contributed by atoms with Crippen LogP contribution in [0.4, 0.5) is 0 Å². The Morgan fingerprint density at radius 3 is 2.79 bits per heavy atom. The number of nitrogens with zero attached hydrogens (tertiary/aromatic N) is 2. The van der Waals surface area contributed by atoms with Crippen LogP contribution in [0.25, 0.3) is 0 Å². The van der Waals surface area contributed by atoms with Gasteiger partial charge in [0.25, 0.3) is 0 Å². The third kappa shape index (κ3) is 4.30. The smallest absolute Gasteiger partial charge is 0.0640 e. The second-order valence-electron chi connectivity index (χ2n) is 5.45. The number of rotatable bonds is 7. The van der Waals surface area contributed by atoms with Crippen molar-refractivity contribution < 1.29 is 10.2 Å². The Hall–Kier alpha value is -0.910. The van der Waals surface area contributed by atoms with Crippen molar-refractivity contribution in [3.05, 3.63) is 18.0 Å². The van der Waals surface area contributed by atoms with Crippen LogP contribution in [-0.4, -0.2) is 39.8 Å². The molecule has 19 heavy (non-hydrogen) atoms. The first-order valence-corrected chi connectivity index (χ1v) is 7.27. The van der Waals surface area contributed by atoms with Crippen molar-refractivity contribution in [2.75, 3.05) is 19.8 Å². The molecule has 0 bridgehead atoms. The Labute approximate surface area is 114 Å². The molecule has 0 aromatic carbocycles. The predicted molar refractivity (Wildman–Crippen MR) is 73.6 cm³/mol. The van der Waals surface area contributed by atoms with Gasteiger partial charge in [-0.1, -0.05) is 12.8 Å². The number of nitrogens with one attached hydrogen (secondary N) is 1. The molecular formula is C14H25N3O2. The molecule has 5 nitrogen and oxygen atoms in total. The highest BCUT2D eigenvalue weighted by Gasteiger charge is 2.23. The van der Waals surface area contributed by atoms with Crippen molar-refractivity contribution in [1.29, 1.82) is 0 Å².